The van der Waals surface area contributed by atoms with Crippen LogP contribution in [0.4, 0.5) is 0 Å². The molecular formula is C20H22N6O2. The van der Waals surface area contributed by atoms with Crippen molar-refractivity contribution in [2.24, 2.45) is 5.92 Å². The second-order valence-electron chi connectivity index (χ2n) is 7.78. The smallest absolute Gasteiger partial charge is 0.287 e. The number of aromatic nitrogens is 4. The van der Waals surface area contributed by atoms with E-state index in [9.17, 15) is 4.79 Å². The molecule has 0 unspecified atom stereocenters. The number of H-pyrrole nitrogens is 1. The number of pyridine rings is 1. The van der Waals surface area contributed by atoms with E-state index in [0.717, 1.165) is 47.8 Å². The number of rotatable bonds is 4. The van der Waals surface area contributed by atoms with Gasteiger partial charge in [-0.3, -0.25) is 4.79 Å². The highest BCUT2D eigenvalue weighted by Crippen LogP contribution is 2.37. The zero-order chi connectivity index (χ0) is 19.1. The predicted molar refractivity (Wildman–Crippen MR) is 103 cm³/mol. The van der Waals surface area contributed by atoms with Crippen LogP contribution in [0.25, 0.3) is 22.1 Å². The summed E-state index contributed by atoms with van der Waals surface area (Å²) in [6, 6.07) is 4.53. The third-order valence-electron chi connectivity index (χ3n) is 5.97. The number of fused-ring (bicyclic) bond motifs is 3. The molecule has 28 heavy (non-hydrogen) atoms. The zero-order valence-electron chi connectivity index (χ0n) is 15.5. The highest BCUT2D eigenvalue weighted by Gasteiger charge is 2.30. The maximum Gasteiger partial charge on any atom is 0.287 e. The van der Waals surface area contributed by atoms with E-state index in [1.165, 1.54) is 0 Å². The van der Waals surface area contributed by atoms with Crippen LogP contribution in [0.1, 0.15) is 48.8 Å². The van der Waals surface area contributed by atoms with Crippen molar-refractivity contribution in [1.82, 2.24) is 24.8 Å². The fourth-order valence-electron chi connectivity index (χ4n) is 4.41. The summed E-state index contributed by atoms with van der Waals surface area (Å²) in [4.78, 5) is 25.2. The van der Waals surface area contributed by atoms with Crippen LogP contribution in [0.15, 0.2) is 18.5 Å². The van der Waals surface area contributed by atoms with E-state index in [1.54, 1.807) is 6.20 Å². The van der Waals surface area contributed by atoms with E-state index in [1.807, 2.05) is 12.3 Å². The van der Waals surface area contributed by atoms with E-state index in [0.29, 0.717) is 31.4 Å². The lowest BCUT2D eigenvalue weighted by Crippen LogP contribution is -2.49. The van der Waals surface area contributed by atoms with Crippen molar-refractivity contribution in [2.75, 3.05) is 13.2 Å². The summed E-state index contributed by atoms with van der Waals surface area (Å²) in [5, 5.41) is 13.0. The largest absolute Gasteiger partial charge is 0.377 e. The molecule has 144 valence electrons. The number of amides is 1. The number of nitriles is 1. The number of carbonyl (C=O) groups is 1. The molecule has 1 saturated heterocycles. The number of nitrogens with zero attached hydrogens (tertiary/aromatic N) is 4. The summed E-state index contributed by atoms with van der Waals surface area (Å²) in [6.45, 7) is 1.10. The van der Waals surface area contributed by atoms with Gasteiger partial charge in [-0.25, -0.2) is 9.97 Å². The van der Waals surface area contributed by atoms with Crippen molar-refractivity contribution in [3.05, 3.63) is 24.3 Å². The Morgan fingerprint density at radius 1 is 1.36 bits per heavy atom. The predicted octanol–water partition coefficient (Wildman–Crippen LogP) is 2.69. The Morgan fingerprint density at radius 2 is 2.18 bits per heavy atom. The quantitative estimate of drug-likeness (QED) is 0.725. The highest BCUT2D eigenvalue weighted by atomic mass is 16.5. The summed E-state index contributed by atoms with van der Waals surface area (Å²) < 4.78 is 7.29. The second kappa shape index (κ2) is 6.91. The average molecular weight is 378 g/mol. The third-order valence-corrected chi connectivity index (χ3v) is 5.97. The molecule has 8 heteroatoms. The molecule has 1 amide bonds. The second-order valence-corrected chi connectivity index (χ2v) is 7.78. The Bertz CT molecular complexity index is 1070. The maximum absolute atomic E-state index is 13.0. The minimum absolute atomic E-state index is 0.0533. The molecule has 0 radical (unpaired) electrons. The van der Waals surface area contributed by atoms with Gasteiger partial charge in [0, 0.05) is 24.0 Å². The van der Waals surface area contributed by atoms with Crippen molar-refractivity contribution in [3.63, 3.8) is 0 Å². The fourth-order valence-corrected chi connectivity index (χ4v) is 4.41. The topological polar surface area (TPSA) is 109 Å². The number of imidazole rings is 1. The third kappa shape index (κ3) is 2.83. The molecule has 1 aliphatic carbocycles. The first-order chi connectivity index (χ1) is 13.7. The van der Waals surface area contributed by atoms with E-state index < -0.39 is 0 Å². The first-order valence-corrected chi connectivity index (χ1v) is 9.84. The van der Waals surface area contributed by atoms with Gasteiger partial charge in [-0.15, -0.1) is 0 Å². The number of nitrogens with one attached hydrogen (secondary N) is 2. The molecule has 1 saturated carbocycles. The van der Waals surface area contributed by atoms with Crippen molar-refractivity contribution < 1.29 is 9.53 Å². The Balaban J connectivity index is 1.57. The zero-order valence-corrected chi connectivity index (χ0v) is 15.5. The van der Waals surface area contributed by atoms with Gasteiger partial charge in [0.15, 0.2) is 5.82 Å². The van der Waals surface area contributed by atoms with Crippen LogP contribution in [0.2, 0.25) is 0 Å². The van der Waals surface area contributed by atoms with Crippen molar-refractivity contribution in [1.29, 1.82) is 5.26 Å². The molecule has 5 rings (SSSR count). The minimum atomic E-state index is -0.160. The molecule has 0 spiro atoms. The van der Waals surface area contributed by atoms with Crippen LogP contribution in [0.5, 0.6) is 0 Å². The van der Waals surface area contributed by atoms with Crippen molar-refractivity contribution in [2.45, 2.75) is 44.2 Å². The van der Waals surface area contributed by atoms with Crippen LogP contribution in [-0.4, -0.2) is 44.7 Å². The molecule has 8 nitrogen and oxygen atoms in total. The Hall–Kier alpha value is -2.92. The minimum Gasteiger partial charge on any atom is -0.377 e. The lowest BCUT2D eigenvalue weighted by molar-refractivity contribution is -0.00374. The summed E-state index contributed by atoms with van der Waals surface area (Å²) in [7, 11) is 0. The van der Waals surface area contributed by atoms with Gasteiger partial charge >= 0.3 is 0 Å². The standard InChI is InChI=1S/C20H22N6O2/c21-7-5-12-1-3-14(4-2-12)26-17-15-6-8-22-18(15)23-9-16(17)25-19(26)20(27)24-13-10-28-11-13/h6,8-9,12-14H,1-5,10-11H2,(H,22,23)(H,24,27)/t12-,14-. The molecular weight excluding hydrogens is 356 g/mol. The molecule has 3 aromatic heterocycles. The summed E-state index contributed by atoms with van der Waals surface area (Å²) in [6.07, 6.45) is 8.09. The number of aromatic amines is 1. The van der Waals surface area contributed by atoms with Gasteiger partial charge in [0.25, 0.3) is 5.91 Å². The van der Waals surface area contributed by atoms with Crippen LogP contribution in [-0.2, 0) is 4.74 Å². The Labute approximate surface area is 161 Å². The molecule has 2 aliphatic rings. The Kier molecular flexibility index (Phi) is 4.24. The number of hydrogen-bond donors (Lipinski definition) is 2. The number of ether oxygens (including phenoxy) is 1. The number of hydrogen-bond acceptors (Lipinski definition) is 5. The average Bonchev–Trinajstić information content (AvgIpc) is 3.29. The summed E-state index contributed by atoms with van der Waals surface area (Å²) in [5.41, 5.74) is 2.50. The van der Waals surface area contributed by atoms with Crippen molar-refractivity contribution >= 4 is 28.0 Å². The monoisotopic (exact) mass is 378 g/mol. The molecule has 2 fully saturated rings. The van der Waals surface area contributed by atoms with Crippen LogP contribution in [0, 0.1) is 17.2 Å². The lowest BCUT2D eigenvalue weighted by atomic mass is 9.84. The van der Waals surface area contributed by atoms with Gasteiger partial charge in [-0.05, 0) is 37.7 Å². The van der Waals surface area contributed by atoms with E-state index in [4.69, 9.17) is 10.00 Å². The molecule has 0 bridgehead atoms. The van der Waals surface area contributed by atoms with E-state index >= 15 is 0 Å². The highest BCUT2D eigenvalue weighted by molar-refractivity contribution is 6.04. The molecule has 3 aromatic rings. The number of carbonyl (C=O) groups excluding carboxylic acids is 1. The van der Waals surface area contributed by atoms with Crippen LogP contribution < -0.4 is 5.32 Å². The summed E-state index contributed by atoms with van der Waals surface area (Å²) >= 11 is 0. The van der Waals surface area contributed by atoms with Crippen LogP contribution >= 0.6 is 0 Å². The molecule has 2 N–H and O–H groups in total. The van der Waals surface area contributed by atoms with Gasteiger partial charge in [0.05, 0.1) is 37.0 Å². The normalized spacial score (nSPS) is 22.8. The molecule has 0 atom stereocenters. The van der Waals surface area contributed by atoms with Gasteiger partial charge in [-0.2, -0.15) is 5.26 Å². The molecule has 4 heterocycles. The van der Waals surface area contributed by atoms with Crippen molar-refractivity contribution in [3.8, 4) is 6.07 Å². The van der Waals surface area contributed by atoms with E-state index in [-0.39, 0.29) is 18.0 Å². The van der Waals surface area contributed by atoms with Gasteiger partial charge in [0.1, 0.15) is 11.2 Å². The Morgan fingerprint density at radius 3 is 2.89 bits per heavy atom. The van der Waals surface area contributed by atoms with Crippen LogP contribution in [0.3, 0.4) is 0 Å². The van der Waals surface area contributed by atoms with Gasteiger partial charge in [0.2, 0.25) is 0 Å². The SMILES string of the molecule is N#CC[C@H]1CC[C@H](n2c(C(=O)NC3COC3)nc3cnc4[nH]ccc4c32)CC1. The lowest BCUT2D eigenvalue weighted by Gasteiger charge is -2.30. The van der Waals surface area contributed by atoms with Gasteiger partial charge < -0.3 is 19.6 Å². The fraction of sp³-hybridized carbons (Fsp3) is 0.500. The maximum atomic E-state index is 13.0. The van der Waals surface area contributed by atoms with Gasteiger partial charge in [-0.1, -0.05) is 0 Å². The molecule has 0 aromatic carbocycles. The molecule has 1 aliphatic heterocycles. The van der Waals surface area contributed by atoms with E-state index in [2.05, 4.69) is 30.9 Å². The first-order valence-electron chi connectivity index (χ1n) is 9.84. The first kappa shape index (κ1) is 17.2. The summed E-state index contributed by atoms with van der Waals surface area (Å²) in [5.74, 6) is 0.739.